The highest BCUT2D eigenvalue weighted by Crippen LogP contribution is 2.21. The number of rotatable bonds is 6. The van der Waals surface area contributed by atoms with Gasteiger partial charge in [-0.05, 0) is 36.6 Å². The van der Waals surface area contributed by atoms with Gasteiger partial charge in [-0.2, -0.15) is 0 Å². The summed E-state index contributed by atoms with van der Waals surface area (Å²) in [6, 6.07) is 9.04. The standard InChI is InChI=1S/C16H16ClFN2O/c17-15-6-5-14(7-16(15)18)21-10-13-2-1-11(9-20-13)8-19-12-3-4-12/h1-2,5-7,9,12,19H,3-4,8,10H2. The Labute approximate surface area is 128 Å². The first-order chi connectivity index (χ1) is 10.2. The van der Waals surface area contributed by atoms with Gasteiger partial charge in [0.1, 0.15) is 18.2 Å². The molecule has 1 N–H and O–H groups in total. The van der Waals surface area contributed by atoms with Crippen molar-refractivity contribution in [2.24, 2.45) is 0 Å². The Morgan fingerprint density at radius 1 is 1.29 bits per heavy atom. The summed E-state index contributed by atoms with van der Waals surface area (Å²) in [5.41, 5.74) is 1.96. The minimum Gasteiger partial charge on any atom is -0.487 e. The normalized spacial score (nSPS) is 14.2. The van der Waals surface area contributed by atoms with Gasteiger partial charge in [-0.25, -0.2) is 4.39 Å². The van der Waals surface area contributed by atoms with Gasteiger partial charge in [0.25, 0.3) is 0 Å². The smallest absolute Gasteiger partial charge is 0.145 e. The fourth-order valence-electron chi connectivity index (χ4n) is 1.92. The van der Waals surface area contributed by atoms with Gasteiger partial charge in [-0.1, -0.05) is 17.7 Å². The van der Waals surface area contributed by atoms with Gasteiger partial charge in [0.2, 0.25) is 0 Å². The lowest BCUT2D eigenvalue weighted by atomic mass is 10.2. The maximum Gasteiger partial charge on any atom is 0.145 e. The van der Waals surface area contributed by atoms with Crippen LogP contribution in [0.25, 0.3) is 0 Å². The Kier molecular flexibility index (Phi) is 4.36. The van der Waals surface area contributed by atoms with Gasteiger partial charge in [0, 0.05) is 24.8 Å². The van der Waals surface area contributed by atoms with Crippen LogP contribution in [0, 0.1) is 5.82 Å². The number of hydrogen-bond acceptors (Lipinski definition) is 3. The molecule has 1 fully saturated rings. The van der Waals surface area contributed by atoms with Crippen molar-refractivity contribution in [2.75, 3.05) is 0 Å². The zero-order valence-electron chi connectivity index (χ0n) is 11.5. The predicted molar refractivity (Wildman–Crippen MR) is 79.8 cm³/mol. The van der Waals surface area contributed by atoms with E-state index in [0.717, 1.165) is 17.8 Å². The second-order valence-electron chi connectivity index (χ2n) is 5.18. The minimum atomic E-state index is -0.483. The molecule has 21 heavy (non-hydrogen) atoms. The van der Waals surface area contributed by atoms with Crippen molar-refractivity contribution >= 4 is 11.6 Å². The highest BCUT2D eigenvalue weighted by molar-refractivity contribution is 6.30. The largest absolute Gasteiger partial charge is 0.487 e. The Hall–Kier alpha value is -1.65. The second kappa shape index (κ2) is 6.41. The van der Waals surface area contributed by atoms with Crippen LogP contribution in [0.1, 0.15) is 24.1 Å². The Bertz CT molecular complexity index is 614. The highest BCUT2D eigenvalue weighted by Gasteiger charge is 2.19. The average Bonchev–Trinajstić information content (AvgIpc) is 3.32. The van der Waals surface area contributed by atoms with Gasteiger partial charge in [-0.3, -0.25) is 4.98 Å². The number of nitrogens with zero attached hydrogens (tertiary/aromatic N) is 1. The van der Waals surface area contributed by atoms with Crippen molar-refractivity contribution < 1.29 is 9.13 Å². The highest BCUT2D eigenvalue weighted by atomic mass is 35.5. The zero-order chi connectivity index (χ0) is 14.7. The molecule has 0 saturated heterocycles. The van der Waals surface area contributed by atoms with E-state index in [1.165, 1.54) is 25.0 Å². The lowest BCUT2D eigenvalue weighted by molar-refractivity contribution is 0.299. The molecule has 1 aliphatic rings. The molecule has 5 heteroatoms. The van der Waals surface area contributed by atoms with Crippen LogP contribution >= 0.6 is 11.6 Å². The molecule has 0 unspecified atom stereocenters. The molecule has 0 bridgehead atoms. The summed E-state index contributed by atoms with van der Waals surface area (Å²) in [5, 5.41) is 3.53. The Morgan fingerprint density at radius 3 is 2.81 bits per heavy atom. The van der Waals surface area contributed by atoms with Crippen LogP contribution in [0.5, 0.6) is 5.75 Å². The first kappa shape index (κ1) is 14.3. The van der Waals surface area contributed by atoms with E-state index in [4.69, 9.17) is 16.3 Å². The van der Waals surface area contributed by atoms with Crippen LogP contribution in [0.15, 0.2) is 36.5 Å². The summed E-state index contributed by atoms with van der Waals surface area (Å²) in [7, 11) is 0. The van der Waals surface area contributed by atoms with E-state index < -0.39 is 5.82 Å². The van der Waals surface area contributed by atoms with Crippen LogP contribution in [0.2, 0.25) is 5.02 Å². The van der Waals surface area contributed by atoms with Gasteiger partial charge >= 0.3 is 0 Å². The van der Waals surface area contributed by atoms with Crippen LogP contribution in [0.4, 0.5) is 4.39 Å². The van der Waals surface area contributed by atoms with Crippen molar-refractivity contribution in [3.8, 4) is 5.75 Å². The first-order valence-corrected chi connectivity index (χ1v) is 7.33. The molecule has 1 saturated carbocycles. The van der Waals surface area contributed by atoms with E-state index in [1.807, 2.05) is 18.3 Å². The third kappa shape index (κ3) is 4.16. The van der Waals surface area contributed by atoms with Crippen LogP contribution in [0.3, 0.4) is 0 Å². The van der Waals surface area contributed by atoms with Crippen LogP contribution < -0.4 is 10.1 Å². The second-order valence-corrected chi connectivity index (χ2v) is 5.58. The number of benzene rings is 1. The molecule has 3 rings (SSSR count). The summed E-state index contributed by atoms with van der Waals surface area (Å²) in [4.78, 5) is 4.35. The summed E-state index contributed by atoms with van der Waals surface area (Å²) in [6.07, 6.45) is 4.39. The molecule has 1 heterocycles. The molecule has 0 atom stereocenters. The number of halogens is 2. The van der Waals surface area contributed by atoms with E-state index in [2.05, 4.69) is 10.3 Å². The molecule has 0 radical (unpaired) electrons. The average molecular weight is 307 g/mol. The summed E-state index contributed by atoms with van der Waals surface area (Å²) < 4.78 is 18.8. The maximum absolute atomic E-state index is 13.3. The van der Waals surface area contributed by atoms with Gasteiger partial charge in [0.15, 0.2) is 0 Å². The lowest BCUT2D eigenvalue weighted by Gasteiger charge is -2.07. The SMILES string of the molecule is Fc1cc(OCc2ccc(CNC3CC3)cn2)ccc1Cl. The fraction of sp³-hybridized carbons (Fsp3) is 0.312. The van der Waals surface area contributed by atoms with E-state index >= 15 is 0 Å². The zero-order valence-corrected chi connectivity index (χ0v) is 12.2. The van der Waals surface area contributed by atoms with Gasteiger partial charge < -0.3 is 10.1 Å². The van der Waals surface area contributed by atoms with Gasteiger partial charge in [0.05, 0.1) is 10.7 Å². The molecule has 2 aromatic rings. The number of pyridine rings is 1. The fourth-order valence-corrected chi connectivity index (χ4v) is 2.04. The molecule has 0 amide bonds. The molecule has 3 nitrogen and oxygen atoms in total. The molecular formula is C16H16ClFN2O. The van der Waals surface area contributed by atoms with E-state index in [0.29, 0.717) is 18.4 Å². The van der Waals surface area contributed by atoms with Crippen molar-refractivity contribution in [2.45, 2.75) is 32.0 Å². The van der Waals surface area contributed by atoms with Crippen molar-refractivity contribution in [1.82, 2.24) is 10.3 Å². The van der Waals surface area contributed by atoms with E-state index in [1.54, 1.807) is 6.07 Å². The van der Waals surface area contributed by atoms with Gasteiger partial charge in [-0.15, -0.1) is 0 Å². The molecule has 1 aromatic carbocycles. The molecule has 0 spiro atoms. The third-order valence-electron chi connectivity index (χ3n) is 3.34. The summed E-state index contributed by atoms with van der Waals surface area (Å²) in [6.45, 7) is 1.15. The van der Waals surface area contributed by atoms with Crippen molar-refractivity contribution in [1.29, 1.82) is 0 Å². The number of ether oxygens (including phenoxy) is 1. The van der Waals surface area contributed by atoms with E-state index in [9.17, 15) is 4.39 Å². The minimum absolute atomic E-state index is 0.0907. The maximum atomic E-state index is 13.3. The van der Waals surface area contributed by atoms with Crippen LogP contribution in [-0.4, -0.2) is 11.0 Å². The molecular weight excluding hydrogens is 291 g/mol. The first-order valence-electron chi connectivity index (χ1n) is 6.96. The lowest BCUT2D eigenvalue weighted by Crippen LogP contribution is -2.15. The molecule has 1 aromatic heterocycles. The summed E-state index contributed by atoms with van der Waals surface area (Å²) >= 11 is 5.62. The molecule has 1 aliphatic carbocycles. The summed E-state index contributed by atoms with van der Waals surface area (Å²) in [5.74, 6) is -0.0400. The Morgan fingerprint density at radius 2 is 2.14 bits per heavy atom. The topological polar surface area (TPSA) is 34.1 Å². The van der Waals surface area contributed by atoms with Crippen molar-refractivity contribution in [3.63, 3.8) is 0 Å². The van der Waals surface area contributed by atoms with E-state index in [-0.39, 0.29) is 5.02 Å². The molecule has 110 valence electrons. The number of nitrogens with one attached hydrogen (secondary N) is 1. The third-order valence-corrected chi connectivity index (χ3v) is 3.64. The van der Waals surface area contributed by atoms with Crippen LogP contribution in [-0.2, 0) is 13.2 Å². The quantitative estimate of drug-likeness (QED) is 0.883. The Balaban J connectivity index is 1.53. The monoisotopic (exact) mass is 306 g/mol. The van der Waals surface area contributed by atoms with Crippen molar-refractivity contribution in [3.05, 3.63) is 58.6 Å². The number of aromatic nitrogens is 1. The predicted octanol–water partition coefficient (Wildman–Crippen LogP) is 3.71. The number of hydrogen-bond donors (Lipinski definition) is 1. The molecule has 0 aliphatic heterocycles.